The summed E-state index contributed by atoms with van der Waals surface area (Å²) >= 11 is 15.8. The van der Waals surface area contributed by atoms with Crippen LogP contribution in [0.4, 0.5) is 17.1 Å². The van der Waals surface area contributed by atoms with Gasteiger partial charge in [-0.05, 0) is 63.4 Å². The topological polar surface area (TPSA) is 376 Å². The van der Waals surface area contributed by atoms with Gasteiger partial charge in [-0.3, -0.25) is 79.3 Å². The zero-order valence-electron chi connectivity index (χ0n) is 48.7. The average molecular weight is 1530 g/mol. The van der Waals surface area contributed by atoms with Gasteiger partial charge in [0.2, 0.25) is 5.24 Å². The number of carboxylic acid groups (broad SMARTS) is 2. The number of carboxylic acids is 2. The number of unbranched alkanes of at least 4 members (excludes halogenated alkanes) is 3. The molecule has 0 spiro atoms. The van der Waals surface area contributed by atoms with Gasteiger partial charge in [0.1, 0.15) is 34.1 Å². The summed E-state index contributed by atoms with van der Waals surface area (Å²) in [6.45, 7) is 9.10. The summed E-state index contributed by atoms with van der Waals surface area (Å²) in [5.41, 5.74) is 11.1. The molecule has 0 saturated carbocycles. The first kappa shape index (κ1) is 80.6. The predicted octanol–water partition coefficient (Wildman–Crippen LogP) is 11.9. The van der Waals surface area contributed by atoms with E-state index in [4.69, 9.17) is 65.3 Å². The van der Waals surface area contributed by atoms with Gasteiger partial charge in [0.25, 0.3) is 23.3 Å². The molecule has 8 heterocycles. The van der Waals surface area contributed by atoms with Gasteiger partial charge in [0, 0.05) is 96.2 Å². The number of nitrogen functional groups attached to an aromatic ring is 1. The fraction of sp³-hybridized carbons (Fsp3) is 0.298. The Morgan fingerprint density at radius 3 is 1.18 bits per heavy atom. The molecule has 0 atom stereocenters. The summed E-state index contributed by atoms with van der Waals surface area (Å²) < 4.78 is 6.46. The average Bonchev–Trinajstić information content (AvgIpc) is 2.66. The maximum absolute atomic E-state index is 11.2. The van der Waals surface area contributed by atoms with Crippen LogP contribution in [0.15, 0.2) is 152 Å². The Kier molecular flexibility index (Phi) is 44.5. The number of halogens is 4. The van der Waals surface area contributed by atoms with E-state index in [1.54, 1.807) is 80.3 Å². The van der Waals surface area contributed by atoms with Crippen molar-refractivity contribution in [3.05, 3.63) is 178 Å². The van der Waals surface area contributed by atoms with Crippen LogP contribution in [0.3, 0.4) is 0 Å². The van der Waals surface area contributed by atoms with Gasteiger partial charge in [-0.2, -0.15) is 0 Å². The number of aliphatic carboxylic acids is 2. The second-order valence-corrected chi connectivity index (χ2v) is 32.4. The molecule has 4 N–H and O–H groups in total. The molecule has 0 aromatic carbocycles. The fourth-order valence-corrected chi connectivity index (χ4v) is 22.3. The number of aromatic nitrogens is 12. The first-order valence-electron chi connectivity index (χ1n) is 26.4. The Hall–Kier alpha value is -7.39. The van der Waals surface area contributed by atoms with Crippen LogP contribution in [0.2, 0.25) is 13.3 Å². The first-order valence-corrected chi connectivity index (χ1v) is 36.2. The van der Waals surface area contributed by atoms with E-state index in [9.17, 15) is 29.8 Å². The van der Waals surface area contributed by atoms with E-state index in [1.165, 1.54) is 86.1 Å². The van der Waals surface area contributed by atoms with Crippen molar-refractivity contribution in [2.24, 2.45) is 0 Å². The van der Waals surface area contributed by atoms with E-state index in [0.29, 0.717) is 33.8 Å². The number of nitrogens with two attached hydrogens (primary N) is 1. The molecule has 0 aliphatic carbocycles. The van der Waals surface area contributed by atoms with Crippen LogP contribution in [-0.2, 0) is 46.0 Å². The number of alkyl halides is 2. The maximum atomic E-state index is 11.2. The Bertz CT molecular complexity index is 3170. The molecule has 0 unspecified atom stereocenters. The third-order valence-corrected chi connectivity index (χ3v) is 27.1. The molecular formula is C57H67BrCl3N15O10PdSn. The minimum absolute atomic E-state index is 0. The number of hydrogen-bond acceptors (Lipinski definition) is 21. The summed E-state index contributed by atoms with van der Waals surface area (Å²) in [5, 5.41) is 34.8. The monoisotopic (exact) mass is 1530 g/mol. The number of rotatable bonds is 19. The number of pyridine rings is 4. The van der Waals surface area contributed by atoms with Crippen LogP contribution < -0.4 is 9.44 Å². The van der Waals surface area contributed by atoms with E-state index in [-0.39, 0.29) is 49.3 Å². The smallest absolute Gasteiger partial charge is 0.287 e. The van der Waals surface area contributed by atoms with Gasteiger partial charge < -0.3 is 15.9 Å². The van der Waals surface area contributed by atoms with Crippen molar-refractivity contribution in [3.8, 4) is 34.2 Å². The number of hydrogen-bond donors (Lipinski definition) is 3. The van der Waals surface area contributed by atoms with E-state index in [0.717, 1.165) is 36.5 Å². The molecule has 0 radical (unpaired) electrons. The van der Waals surface area contributed by atoms with Crippen molar-refractivity contribution in [1.82, 2.24) is 59.8 Å². The second-order valence-electron chi connectivity index (χ2n) is 17.6. The molecule has 0 bridgehead atoms. The minimum atomic E-state index is -2.27. The quantitative estimate of drug-likeness (QED) is 0.0169. The number of nitro groups is 2. The number of ketones is 1. The number of nitrogens with zero attached hydrogens (tertiary/aromatic N) is 14. The second kappa shape index (κ2) is 48.6. The first-order chi connectivity index (χ1) is 41.6. The molecule has 88 heavy (non-hydrogen) atoms. The molecular weight excluding hydrogens is 1470 g/mol. The Morgan fingerprint density at radius 1 is 0.523 bits per heavy atom. The van der Waals surface area contributed by atoms with E-state index in [2.05, 4.69) is 97.7 Å². The summed E-state index contributed by atoms with van der Waals surface area (Å²) in [4.78, 5) is 107. The third kappa shape index (κ3) is 36.7. The Balaban J connectivity index is 0.00000103. The molecule has 0 saturated heterocycles. The van der Waals surface area contributed by atoms with Crippen LogP contribution in [0.1, 0.15) is 78.7 Å². The van der Waals surface area contributed by atoms with Crippen LogP contribution in [0.5, 0.6) is 0 Å². The van der Waals surface area contributed by atoms with Gasteiger partial charge in [-0.25, -0.2) is 9.97 Å². The van der Waals surface area contributed by atoms with Crippen LogP contribution in [-0.4, -0.2) is 133 Å². The number of anilines is 1. The molecule has 0 fully saturated rings. The molecule has 31 heteroatoms. The molecule has 0 amide bonds. The van der Waals surface area contributed by atoms with E-state index in [1.807, 2.05) is 30.6 Å². The summed E-state index contributed by atoms with van der Waals surface area (Å²) in [7, 11) is 0. The van der Waals surface area contributed by atoms with Crippen molar-refractivity contribution in [1.29, 1.82) is 0 Å². The maximum Gasteiger partial charge on any atom is 0.287 e. The number of Topliss-reactive ketones (excluding diaryl/α,β-unsaturated/α-hetero) is 1. The van der Waals surface area contributed by atoms with Crippen molar-refractivity contribution in [3.63, 3.8) is 0 Å². The summed E-state index contributed by atoms with van der Waals surface area (Å²) in [6.07, 6.45) is 34.3. The van der Waals surface area contributed by atoms with Crippen molar-refractivity contribution < 1.29 is 59.7 Å². The standard InChI is InChI=1S/C12H10ClN3O.C9H6N4O2.C9H8N4.C5H3BrN2O2.C4H3N2.3C4H9.C2H2Cl2O.2C2H4O2.Pd.Sn/c13-6-10(17)5-9-1-2-11(16-7-9)12-8-14-3-4-15-12;14-13(15)7-1-2-8(12-5-7)9-6-10-3-4-11-9;10-7-1-2-8(13-5-7)9-6-11-3-4-12-9;6-5-2-1-4(3-7-5)8(9)10;1-2-6-4-3-5-1;3*1-3-4-2;3-1-2(4)5;2*1-2(3)4;;/h1-4,7-8H,5-6H2;1-6H;1-6H,10H2;1-3H;1-3H;3*1,3-4H2,2H3;1H2;2*1H3,(H,3,4);;. The normalized spacial score (nSPS) is 9.69. The van der Waals surface area contributed by atoms with Crippen LogP contribution in [0.25, 0.3) is 34.2 Å². The van der Waals surface area contributed by atoms with Gasteiger partial charge in [0.05, 0.1) is 69.2 Å². The SMILES string of the molecule is CC(=O)O.CC(=O)O.CCC[CH2][Sn]([CH2]CCC)([CH2]CCC)[c]1cnccn1.Nc1ccc(-c2cnccn2)nc1.O=C(CCl)Cc1ccc(-c2cnccn2)nc1.O=C(Cl)CCl.O=[N+]([O-])c1ccc(-c2cnccn2)nc1.O=[N+]([O-])c1ccc(Br)nc1.[Pd]. The number of carbonyl (C=O) groups is 4. The van der Waals surface area contributed by atoms with Gasteiger partial charge in [-0.15, -0.1) is 23.2 Å². The molecule has 472 valence electrons. The molecule has 8 aromatic heterocycles. The minimum Gasteiger partial charge on any atom is -0.397 e. The van der Waals surface area contributed by atoms with E-state index < -0.39 is 45.4 Å². The Morgan fingerprint density at radius 2 is 0.898 bits per heavy atom. The fourth-order valence-electron chi connectivity index (χ4n) is 6.81. The van der Waals surface area contributed by atoms with Gasteiger partial charge in [-0.1, -0.05) is 6.07 Å². The van der Waals surface area contributed by atoms with Gasteiger partial charge >= 0.3 is 123 Å². The van der Waals surface area contributed by atoms with Crippen LogP contribution >= 0.6 is 50.7 Å². The summed E-state index contributed by atoms with van der Waals surface area (Å²) in [5.74, 6) is -1.74. The number of carbonyl (C=O) groups excluding carboxylic acids is 2. The largest absolute Gasteiger partial charge is 0.397 e. The predicted molar refractivity (Wildman–Crippen MR) is 340 cm³/mol. The van der Waals surface area contributed by atoms with E-state index >= 15 is 0 Å². The van der Waals surface area contributed by atoms with Crippen LogP contribution in [0, 0.1) is 20.2 Å². The van der Waals surface area contributed by atoms with Gasteiger partial charge in [0.15, 0.2) is 5.78 Å². The Labute approximate surface area is 550 Å². The third-order valence-electron chi connectivity index (χ3n) is 10.8. The molecule has 0 aliphatic rings. The van der Waals surface area contributed by atoms with Crippen molar-refractivity contribution in [2.75, 3.05) is 17.5 Å². The summed E-state index contributed by atoms with van der Waals surface area (Å²) in [6, 6.07) is 13.1. The molecule has 8 rings (SSSR count). The van der Waals surface area contributed by atoms with Crippen molar-refractivity contribution >= 4 is 113 Å². The van der Waals surface area contributed by atoms with Crippen molar-refractivity contribution in [2.45, 2.75) is 92.9 Å². The molecule has 8 aromatic rings. The zero-order valence-corrected chi connectivity index (χ0v) is 56.9. The molecule has 0 aliphatic heterocycles. The molecule has 25 nitrogen and oxygen atoms in total. The zero-order chi connectivity index (χ0) is 64.8.